The zero-order valence-corrected chi connectivity index (χ0v) is 18.0. The Labute approximate surface area is 179 Å². The standard InChI is InChI=1S/C19H19Cl2N5O2S/c1-25-8-10-26(11-9-25)19-18(22-15-4-2-3-5-16(15)23-19)24-29(27,28)17-12-13(20)6-7-14(17)21/h2-7,12H,8-11H2,1H3,(H,22,24)/p+1. The van der Waals surface area contributed by atoms with Gasteiger partial charge in [0.1, 0.15) is 4.90 Å². The van der Waals surface area contributed by atoms with E-state index >= 15 is 0 Å². The van der Waals surface area contributed by atoms with Crippen molar-refractivity contribution in [2.24, 2.45) is 0 Å². The van der Waals surface area contributed by atoms with Crippen molar-refractivity contribution in [1.82, 2.24) is 9.97 Å². The zero-order valence-electron chi connectivity index (χ0n) is 15.7. The van der Waals surface area contributed by atoms with Crippen LogP contribution >= 0.6 is 23.2 Å². The van der Waals surface area contributed by atoms with Crippen LogP contribution in [0.3, 0.4) is 0 Å². The minimum atomic E-state index is -4.01. The smallest absolute Gasteiger partial charge is 0.264 e. The molecule has 1 fully saturated rings. The van der Waals surface area contributed by atoms with Gasteiger partial charge in [0.2, 0.25) is 0 Å². The summed E-state index contributed by atoms with van der Waals surface area (Å²) >= 11 is 12.1. The number of halogens is 2. The van der Waals surface area contributed by atoms with Crippen LogP contribution in [0.2, 0.25) is 10.0 Å². The molecule has 1 saturated heterocycles. The summed E-state index contributed by atoms with van der Waals surface area (Å²) in [6.07, 6.45) is 0. The molecule has 1 aliphatic rings. The quantitative estimate of drug-likeness (QED) is 0.633. The lowest BCUT2D eigenvalue weighted by Crippen LogP contribution is -3.12. The number of hydrogen-bond acceptors (Lipinski definition) is 5. The van der Waals surface area contributed by atoms with E-state index in [0.29, 0.717) is 16.9 Å². The number of piperazine rings is 1. The average molecular weight is 453 g/mol. The van der Waals surface area contributed by atoms with E-state index in [0.717, 1.165) is 26.2 Å². The highest BCUT2D eigenvalue weighted by Crippen LogP contribution is 2.30. The first-order chi connectivity index (χ1) is 13.8. The summed E-state index contributed by atoms with van der Waals surface area (Å²) in [5.41, 5.74) is 1.31. The van der Waals surface area contributed by atoms with Crippen LogP contribution in [0.4, 0.5) is 11.6 Å². The fraction of sp³-hybridized carbons (Fsp3) is 0.263. The molecule has 1 aromatic heterocycles. The van der Waals surface area contributed by atoms with Gasteiger partial charge >= 0.3 is 0 Å². The van der Waals surface area contributed by atoms with E-state index in [1.807, 2.05) is 18.2 Å². The molecule has 2 heterocycles. The summed E-state index contributed by atoms with van der Waals surface area (Å²) in [6.45, 7) is 3.37. The molecule has 0 bridgehead atoms. The number of nitrogens with zero attached hydrogens (tertiary/aromatic N) is 3. The van der Waals surface area contributed by atoms with Crippen LogP contribution in [0, 0.1) is 0 Å². The molecule has 0 atom stereocenters. The Morgan fingerprint density at radius 2 is 1.69 bits per heavy atom. The van der Waals surface area contributed by atoms with Gasteiger partial charge in [-0.05, 0) is 30.3 Å². The van der Waals surface area contributed by atoms with Crippen LogP contribution in [0.5, 0.6) is 0 Å². The van der Waals surface area contributed by atoms with Crippen LogP contribution < -0.4 is 14.5 Å². The second kappa shape index (κ2) is 7.95. The molecule has 152 valence electrons. The van der Waals surface area contributed by atoms with Gasteiger partial charge in [-0.25, -0.2) is 18.4 Å². The first-order valence-corrected chi connectivity index (χ1v) is 11.4. The van der Waals surface area contributed by atoms with E-state index in [-0.39, 0.29) is 20.8 Å². The first kappa shape index (κ1) is 20.2. The Morgan fingerprint density at radius 1 is 1.03 bits per heavy atom. The summed E-state index contributed by atoms with van der Waals surface area (Å²) in [5, 5.41) is 0.363. The lowest BCUT2D eigenvalue weighted by atomic mass is 10.3. The summed E-state index contributed by atoms with van der Waals surface area (Å²) < 4.78 is 28.7. The van der Waals surface area contributed by atoms with E-state index in [1.54, 1.807) is 6.07 Å². The summed E-state index contributed by atoms with van der Waals surface area (Å²) in [4.78, 5) is 12.6. The van der Waals surface area contributed by atoms with Crippen LogP contribution in [-0.2, 0) is 10.0 Å². The molecule has 0 aliphatic carbocycles. The van der Waals surface area contributed by atoms with Gasteiger partial charge in [-0.3, -0.25) is 4.72 Å². The van der Waals surface area contributed by atoms with Crippen molar-refractivity contribution in [1.29, 1.82) is 0 Å². The third-order valence-corrected chi connectivity index (χ3v) is 6.94. The molecule has 0 amide bonds. The molecule has 29 heavy (non-hydrogen) atoms. The molecule has 4 rings (SSSR count). The van der Waals surface area contributed by atoms with Gasteiger partial charge in [0.25, 0.3) is 10.0 Å². The maximum Gasteiger partial charge on any atom is 0.264 e. The third-order valence-electron chi connectivity index (χ3n) is 4.88. The minimum Gasteiger partial charge on any atom is -0.342 e. The summed E-state index contributed by atoms with van der Waals surface area (Å²) in [6, 6.07) is 11.7. The maximum absolute atomic E-state index is 13.1. The van der Waals surface area contributed by atoms with Crippen LogP contribution in [0.25, 0.3) is 11.0 Å². The van der Waals surface area contributed by atoms with Gasteiger partial charge in [-0.15, -0.1) is 0 Å². The molecule has 2 aromatic carbocycles. The van der Waals surface area contributed by atoms with Gasteiger partial charge in [0.15, 0.2) is 11.6 Å². The highest BCUT2D eigenvalue weighted by atomic mass is 35.5. The Hall–Kier alpha value is -2.13. The maximum atomic E-state index is 13.1. The summed E-state index contributed by atoms with van der Waals surface area (Å²) in [7, 11) is -1.87. The predicted octanol–water partition coefficient (Wildman–Crippen LogP) is 2.07. The van der Waals surface area contributed by atoms with Crippen LogP contribution in [-0.4, -0.2) is 51.6 Å². The number of hydrogen-bond donors (Lipinski definition) is 2. The lowest BCUT2D eigenvalue weighted by molar-refractivity contribution is -0.880. The molecular weight excluding hydrogens is 433 g/mol. The van der Waals surface area contributed by atoms with Crippen molar-refractivity contribution in [3.05, 3.63) is 52.5 Å². The number of benzene rings is 2. The van der Waals surface area contributed by atoms with Crippen molar-refractivity contribution in [2.45, 2.75) is 4.90 Å². The largest absolute Gasteiger partial charge is 0.342 e. The molecule has 0 spiro atoms. The number of aromatic nitrogens is 2. The zero-order chi connectivity index (χ0) is 20.6. The average Bonchev–Trinajstić information content (AvgIpc) is 2.69. The Bertz CT molecular complexity index is 1160. The number of sulfonamides is 1. The van der Waals surface area contributed by atoms with Crippen molar-refractivity contribution in [3.8, 4) is 0 Å². The molecule has 10 heteroatoms. The number of para-hydroxylation sites is 2. The van der Waals surface area contributed by atoms with E-state index in [4.69, 9.17) is 28.2 Å². The van der Waals surface area contributed by atoms with E-state index in [9.17, 15) is 8.42 Å². The van der Waals surface area contributed by atoms with Gasteiger partial charge < -0.3 is 9.80 Å². The normalized spacial score (nSPS) is 15.6. The van der Waals surface area contributed by atoms with Crippen LogP contribution in [0.1, 0.15) is 0 Å². The van der Waals surface area contributed by atoms with E-state index in [1.165, 1.54) is 23.1 Å². The van der Waals surface area contributed by atoms with Crippen LogP contribution in [0.15, 0.2) is 47.4 Å². The van der Waals surface area contributed by atoms with Crippen molar-refractivity contribution >= 4 is 55.9 Å². The second-order valence-electron chi connectivity index (χ2n) is 7.01. The fourth-order valence-electron chi connectivity index (χ4n) is 3.25. The number of fused-ring (bicyclic) bond motifs is 1. The minimum absolute atomic E-state index is 0.0837. The summed E-state index contributed by atoms with van der Waals surface area (Å²) in [5.74, 6) is 0.692. The molecule has 2 N–H and O–H groups in total. The monoisotopic (exact) mass is 452 g/mol. The SMILES string of the molecule is C[NH+]1CCN(c2nc3ccccc3nc2NS(=O)(=O)c2cc(Cl)ccc2Cl)CC1. The fourth-order valence-corrected chi connectivity index (χ4v) is 5.01. The van der Waals surface area contributed by atoms with Gasteiger partial charge in [-0.1, -0.05) is 35.3 Å². The van der Waals surface area contributed by atoms with E-state index in [2.05, 4.69) is 21.7 Å². The molecule has 0 radical (unpaired) electrons. The van der Waals surface area contributed by atoms with Gasteiger partial charge in [0.05, 0.1) is 49.3 Å². The van der Waals surface area contributed by atoms with Gasteiger partial charge in [0, 0.05) is 5.02 Å². The number of anilines is 2. The van der Waals surface area contributed by atoms with Crippen molar-refractivity contribution < 1.29 is 13.3 Å². The van der Waals surface area contributed by atoms with E-state index < -0.39 is 10.0 Å². The predicted molar refractivity (Wildman–Crippen MR) is 116 cm³/mol. The Morgan fingerprint density at radius 3 is 2.38 bits per heavy atom. The number of nitrogens with one attached hydrogen (secondary N) is 2. The highest BCUT2D eigenvalue weighted by molar-refractivity contribution is 7.92. The molecule has 3 aromatic rings. The molecule has 1 aliphatic heterocycles. The first-order valence-electron chi connectivity index (χ1n) is 9.14. The van der Waals surface area contributed by atoms with Crippen molar-refractivity contribution in [3.63, 3.8) is 0 Å². The number of rotatable bonds is 4. The lowest BCUT2D eigenvalue weighted by Gasteiger charge is -2.31. The molecule has 0 saturated carbocycles. The number of likely N-dealkylation sites (N-methyl/N-ethyl adjacent to an activating group) is 1. The molecule has 7 nitrogen and oxygen atoms in total. The van der Waals surface area contributed by atoms with Crippen molar-refractivity contribution in [2.75, 3.05) is 42.8 Å². The Kier molecular flexibility index (Phi) is 5.52. The Balaban J connectivity index is 1.79. The molecular formula is C19H20Cl2N5O2S+. The number of quaternary nitrogens is 1. The third kappa shape index (κ3) is 4.25. The topological polar surface area (TPSA) is 79.6 Å². The van der Waals surface area contributed by atoms with Gasteiger partial charge in [-0.2, -0.15) is 0 Å². The molecule has 0 unspecified atom stereocenters. The highest BCUT2D eigenvalue weighted by Gasteiger charge is 2.26. The second-order valence-corrected chi connectivity index (χ2v) is 9.50.